The van der Waals surface area contributed by atoms with Crippen LogP contribution in [0.15, 0.2) is 39.5 Å². The van der Waals surface area contributed by atoms with Crippen LogP contribution in [0.25, 0.3) is 0 Å². The molecule has 18 heavy (non-hydrogen) atoms. The standard InChI is InChI=1S/C10H8F3N3.CH2S/c1-14-6-7-2-4-8(5-3-7)9(15-16-9)10(11,12)13;1-2/h2-5H,1,6H2;1H2. The van der Waals surface area contributed by atoms with E-state index in [1.807, 2.05) is 0 Å². The van der Waals surface area contributed by atoms with Gasteiger partial charge in [-0.05, 0) is 18.2 Å². The lowest BCUT2D eigenvalue weighted by atomic mass is 10.0. The van der Waals surface area contributed by atoms with Gasteiger partial charge in [0.25, 0.3) is 0 Å². The third kappa shape index (κ3) is 2.61. The normalized spacial score (nSPS) is 15.5. The molecule has 1 heterocycles. The monoisotopic (exact) mass is 273 g/mol. The van der Waals surface area contributed by atoms with E-state index in [1.165, 1.54) is 12.1 Å². The van der Waals surface area contributed by atoms with Crippen LogP contribution in [0.5, 0.6) is 0 Å². The van der Waals surface area contributed by atoms with Crippen molar-refractivity contribution >= 4 is 24.8 Å². The molecule has 0 saturated heterocycles. The summed E-state index contributed by atoms with van der Waals surface area (Å²) in [6.45, 7) is 3.69. The highest BCUT2D eigenvalue weighted by molar-refractivity contribution is 7.77. The number of aliphatic imine (C=N–C) groups is 1. The minimum atomic E-state index is -4.47. The van der Waals surface area contributed by atoms with E-state index in [2.05, 4.69) is 40.0 Å². The second kappa shape index (κ2) is 5.34. The van der Waals surface area contributed by atoms with E-state index in [0.717, 1.165) is 5.56 Å². The zero-order valence-corrected chi connectivity index (χ0v) is 10.1. The Bertz CT molecular complexity index is 448. The Labute approximate surface area is 107 Å². The van der Waals surface area contributed by atoms with Crippen LogP contribution in [0.1, 0.15) is 11.1 Å². The lowest BCUT2D eigenvalue weighted by molar-refractivity contribution is -0.166. The average molecular weight is 273 g/mol. The van der Waals surface area contributed by atoms with Crippen LogP contribution < -0.4 is 0 Å². The highest BCUT2D eigenvalue weighted by atomic mass is 32.1. The first-order chi connectivity index (χ1) is 8.49. The summed E-state index contributed by atoms with van der Waals surface area (Å²) >= 11 is 3.83. The van der Waals surface area contributed by atoms with Crippen molar-refractivity contribution < 1.29 is 13.2 Å². The molecule has 0 fully saturated rings. The summed E-state index contributed by atoms with van der Waals surface area (Å²) in [6, 6.07) is 5.88. The van der Waals surface area contributed by atoms with Gasteiger partial charge in [-0.25, -0.2) is 0 Å². The fourth-order valence-corrected chi connectivity index (χ4v) is 1.41. The molecule has 0 radical (unpaired) electrons. The number of thiocarbonyl (C=S) groups is 1. The van der Waals surface area contributed by atoms with Crippen molar-refractivity contribution in [3.8, 4) is 0 Å². The van der Waals surface area contributed by atoms with E-state index in [1.54, 1.807) is 12.1 Å². The maximum atomic E-state index is 12.6. The van der Waals surface area contributed by atoms with Gasteiger partial charge < -0.3 is 0 Å². The Balaban J connectivity index is 0.000000771. The Hall–Kier alpha value is -1.63. The van der Waals surface area contributed by atoms with Crippen LogP contribution in [0, 0.1) is 0 Å². The molecule has 96 valence electrons. The molecule has 0 unspecified atom stereocenters. The van der Waals surface area contributed by atoms with Crippen molar-refractivity contribution in [2.75, 3.05) is 0 Å². The third-order valence-electron chi connectivity index (χ3n) is 2.35. The first-order valence-corrected chi connectivity index (χ1v) is 5.39. The Morgan fingerprint density at radius 2 is 1.67 bits per heavy atom. The molecular formula is C11H10F3N3S. The van der Waals surface area contributed by atoms with E-state index in [-0.39, 0.29) is 5.56 Å². The van der Waals surface area contributed by atoms with Gasteiger partial charge in [0.2, 0.25) is 0 Å². The number of rotatable bonds is 3. The van der Waals surface area contributed by atoms with E-state index in [0.29, 0.717) is 6.54 Å². The molecule has 2 rings (SSSR count). The van der Waals surface area contributed by atoms with Gasteiger partial charge in [-0.2, -0.15) is 13.2 Å². The lowest BCUT2D eigenvalue weighted by Gasteiger charge is -2.14. The fourth-order valence-electron chi connectivity index (χ4n) is 1.41. The molecule has 7 heteroatoms. The minimum absolute atomic E-state index is 0.0350. The molecule has 1 aromatic rings. The van der Waals surface area contributed by atoms with Crippen molar-refractivity contribution in [3.05, 3.63) is 35.4 Å². The van der Waals surface area contributed by atoms with Gasteiger partial charge in [0, 0.05) is 5.56 Å². The van der Waals surface area contributed by atoms with Crippen LogP contribution in [-0.2, 0) is 12.2 Å². The second-order valence-electron chi connectivity index (χ2n) is 3.45. The summed E-state index contributed by atoms with van der Waals surface area (Å²) in [7, 11) is 0. The Kier molecular flexibility index (Phi) is 4.28. The Morgan fingerprint density at radius 1 is 1.17 bits per heavy atom. The highest BCUT2D eigenvalue weighted by Gasteiger charge is 2.65. The molecule has 0 saturated carbocycles. The number of nitrogens with zero attached hydrogens (tertiary/aromatic N) is 3. The largest absolute Gasteiger partial charge is 0.442 e. The van der Waals surface area contributed by atoms with Gasteiger partial charge in [-0.1, -0.05) is 36.5 Å². The molecule has 0 bridgehead atoms. The smallest absolute Gasteiger partial charge is 0.296 e. The van der Waals surface area contributed by atoms with E-state index >= 15 is 0 Å². The third-order valence-corrected chi connectivity index (χ3v) is 2.35. The summed E-state index contributed by atoms with van der Waals surface area (Å²) < 4.78 is 37.8. The quantitative estimate of drug-likeness (QED) is 0.611. The van der Waals surface area contributed by atoms with Crippen LogP contribution >= 0.6 is 12.2 Å². The van der Waals surface area contributed by atoms with E-state index in [9.17, 15) is 13.2 Å². The topological polar surface area (TPSA) is 37.1 Å². The van der Waals surface area contributed by atoms with Crippen molar-refractivity contribution in [2.24, 2.45) is 15.2 Å². The molecule has 0 aromatic heterocycles. The first kappa shape index (κ1) is 14.4. The molecule has 1 aromatic carbocycles. The number of alkyl halides is 3. The minimum Gasteiger partial charge on any atom is -0.296 e. The van der Waals surface area contributed by atoms with Crippen LogP contribution in [-0.4, -0.2) is 18.8 Å². The fraction of sp³-hybridized carbons (Fsp3) is 0.273. The number of hydrogen-bond acceptors (Lipinski definition) is 4. The predicted molar refractivity (Wildman–Crippen MR) is 67.0 cm³/mol. The summed E-state index contributed by atoms with van der Waals surface area (Å²) in [6.07, 6.45) is -4.47. The summed E-state index contributed by atoms with van der Waals surface area (Å²) in [5, 5.41) is 6.23. The molecule has 3 nitrogen and oxygen atoms in total. The highest BCUT2D eigenvalue weighted by Crippen LogP contribution is 2.52. The van der Waals surface area contributed by atoms with Gasteiger partial charge in [0.15, 0.2) is 0 Å². The zero-order chi connectivity index (χ0) is 13.8. The van der Waals surface area contributed by atoms with Gasteiger partial charge in [-0.15, -0.1) is 10.2 Å². The van der Waals surface area contributed by atoms with Crippen LogP contribution in [0.4, 0.5) is 13.2 Å². The molecule has 1 aliphatic heterocycles. The van der Waals surface area contributed by atoms with Crippen molar-refractivity contribution in [3.63, 3.8) is 0 Å². The summed E-state index contributed by atoms with van der Waals surface area (Å²) in [4.78, 5) is 3.64. The van der Waals surface area contributed by atoms with Crippen molar-refractivity contribution in [1.29, 1.82) is 0 Å². The molecule has 0 spiro atoms. The van der Waals surface area contributed by atoms with Gasteiger partial charge in [0.1, 0.15) is 0 Å². The molecule has 0 atom stereocenters. The number of hydrogen-bond donors (Lipinski definition) is 0. The van der Waals surface area contributed by atoms with Gasteiger partial charge in [0.05, 0.1) is 6.54 Å². The maximum Gasteiger partial charge on any atom is 0.442 e. The number of halogens is 3. The molecule has 0 amide bonds. The summed E-state index contributed by atoms with van der Waals surface area (Å²) in [5.41, 5.74) is -1.49. The first-order valence-electron chi connectivity index (χ1n) is 4.81. The van der Waals surface area contributed by atoms with Gasteiger partial charge >= 0.3 is 11.8 Å². The SMILES string of the molecule is C=NCc1ccc(C2(C(F)(F)F)N=N2)cc1.C=S. The van der Waals surface area contributed by atoms with Crippen LogP contribution in [0.3, 0.4) is 0 Å². The lowest BCUT2D eigenvalue weighted by Crippen LogP contribution is -2.30. The second-order valence-corrected chi connectivity index (χ2v) is 3.45. The summed E-state index contributed by atoms with van der Waals surface area (Å²) in [5.74, 6) is 2.83. The zero-order valence-electron chi connectivity index (χ0n) is 9.31. The Morgan fingerprint density at radius 3 is 2.00 bits per heavy atom. The van der Waals surface area contributed by atoms with E-state index in [4.69, 9.17) is 0 Å². The van der Waals surface area contributed by atoms with Crippen molar-refractivity contribution in [1.82, 2.24) is 0 Å². The maximum absolute atomic E-state index is 12.6. The average Bonchev–Trinajstić information content (AvgIpc) is 3.14. The van der Waals surface area contributed by atoms with Crippen LogP contribution in [0.2, 0.25) is 0 Å². The molecule has 0 aliphatic carbocycles. The molecule has 0 N–H and O–H groups in total. The van der Waals surface area contributed by atoms with Crippen molar-refractivity contribution in [2.45, 2.75) is 18.4 Å². The molecule has 1 aliphatic rings. The van der Waals surface area contributed by atoms with Gasteiger partial charge in [-0.3, -0.25) is 4.99 Å². The molecular weight excluding hydrogens is 263 g/mol. The number of benzene rings is 1. The van der Waals surface area contributed by atoms with E-state index < -0.39 is 11.8 Å². The predicted octanol–water partition coefficient (Wildman–Crippen LogP) is 3.68.